The van der Waals surface area contributed by atoms with E-state index in [-0.39, 0.29) is 6.61 Å². The van der Waals surface area contributed by atoms with E-state index in [0.29, 0.717) is 0 Å². The second-order valence-electron chi connectivity index (χ2n) is 2.86. The summed E-state index contributed by atoms with van der Waals surface area (Å²) < 4.78 is 9.19. The monoisotopic (exact) mass is 192 g/mol. The predicted octanol–water partition coefficient (Wildman–Crippen LogP) is -2.01. The van der Waals surface area contributed by atoms with Crippen LogP contribution in [0.3, 0.4) is 0 Å². The second kappa shape index (κ2) is 4.01. The van der Waals surface area contributed by atoms with Crippen LogP contribution in [0.1, 0.15) is 6.92 Å². The van der Waals surface area contributed by atoms with E-state index in [1.807, 2.05) is 0 Å². The number of carbonyl (C=O) groups is 1. The Labute approximate surface area is 74.7 Å². The molecule has 1 fully saturated rings. The number of hydrogen-bond acceptors (Lipinski definition) is 6. The Morgan fingerprint density at radius 1 is 1.46 bits per heavy atom. The molecule has 0 bridgehead atoms. The van der Waals surface area contributed by atoms with Gasteiger partial charge in [0.1, 0.15) is 12.2 Å². The van der Waals surface area contributed by atoms with Gasteiger partial charge >= 0.3 is 5.97 Å². The molecule has 1 aliphatic rings. The van der Waals surface area contributed by atoms with Crippen LogP contribution < -0.4 is 0 Å². The van der Waals surface area contributed by atoms with E-state index in [1.165, 1.54) is 0 Å². The molecule has 0 aliphatic carbocycles. The summed E-state index contributed by atoms with van der Waals surface area (Å²) in [6, 6.07) is 0. The third-order valence-corrected chi connectivity index (χ3v) is 1.75. The molecule has 0 aromatic rings. The summed E-state index contributed by atoms with van der Waals surface area (Å²) in [5.74, 6) is -0.628. The summed E-state index contributed by atoms with van der Waals surface area (Å²) in [4.78, 5) is 10.5. The molecule has 0 aromatic carbocycles. The van der Waals surface area contributed by atoms with Gasteiger partial charge in [0.25, 0.3) is 0 Å². The Kier molecular flexibility index (Phi) is 3.21. The average Bonchev–Trinajstić information content (AvgIpc) is 2.05. The maximum atomic E-state index is 10.5. The molecule has 1 heterocycles. The fraction of sp³-hybridized carbons (Fsp3) is 0.857. The third-order valence-electron chi connectivity index (χ3n) is 1.75. The summed E-state index contributed by atoms with van der Waals surface area (Å²) in [6.07, 6.45) is -5.07. The summed E-state index contributed by atoms with van der Waals surface area (Å²) >= 11 is 0. The minimum absolute atomic E-state index is 0.170. The Balaban J connectivity index is 2.60. The van der Waals surface area contributed by atoms with Crippen LogP contribution in [0.4, 0.5) is 0 Å². The molecule has 0 unspecified atom stereocenters. The van der Waals surface area contributed by atoms with Crippen LogP contribution in [0.15, 0.2) is 0 Å². The number of esters is 1. The highest BCUT2D eigenvalue weighted by atomic mass is 16.6. The number of carbonyl (C=O) groups excluding carboxylic acids is 1. The number of rotatable bonds is 1. The Morgan fingerprint density at radius 2 is 2.08 bits per heavy atom. The van der Waals surface area contributed by atoms with Gasteiger partial charge in [-0.1, -0.05) is 0 Å². The minimum atomic E-state index is -1.42. The molecule has 3 N–H and O–H groups in total. The van der Waals surface area contributed by atoms with Gasteiger partial charge in [0, 0.05) is 6.92 Å². The number of aliphatic hydroxyl groups excluding tert-OH is 3. The molecule has 6 heteroatoms. The van der Waals surface area contributed by atoms with Crippen LogP contribution in [0.2, 0.25) is 0 Å². The summed E-state index contributed by atoms with van der Waals surface area (Å²) in [5, 5.41) is 27.5. The van der Waals surface area contributed by atoms with Crippen molar-refractivity contribution in [1.82, 2.24) is 0 Å². The molecule has 0 radical (unpaired) electrons. The fourth-order valence-electron chi connectivity index (χ4n) is 1.12. The summed E-state index contributed by atoms with van der Waals surface area (Å²) in [7, 11) is 0. The summed E-state index contributed by atoms with van der Waals surface area (Å²) in [5.41, 5.74) is 0. The largest absolute Gasteiger partial charge is 0.457 e. The molecular formula is C7H12O6. The van der Waals surface area contributed by atoms with Crippen molar-refractivity contribution in [2.24, 2.45) is 0 Å². The van der Waals surface area contributed by atoms with Crippen molar-refractivity contribution in [3.05, 3.63) is 0 Å². The van der Waals surface area contributed by atoms with E-state index in [4.69, 9.17) is 5.11 Å². The van der Waals surface area contributed by atoms with Gasteiger partial charge in [0.05, 0.1) is 6.61 Å². The maximum absolute atomic E-state index is 10.5. The van der Waals surface area contributed by atoms with Crippen molar-refractivity contribution in [3.63, 3.8) is 0 Å². The number of aliphatic hydroxyl groups is 3. The van der Waals surface area contributed by atoms with Gasteiger partial charge < -0.3 is 24.8 Å². The number of hydrogen-bond donors (Lipinski definition) is 3. The van der Waals surface area contributed by atoms with Gasteiger partial charge in [0.15, 0.2) is 12.4 Å². The van der Waals surface area contributed by atoms with Crippen molar-refractivity contribution in [1.29, 1.82) is 0 Å². The smallest absolute Gasteiger partial charge is 0.303 e. The van der Waals surface area contributed by atoms with Crippen molar-refractivity contribution in [3.8, 4) is 0 Å². The third kappa shape index (κ3) is 2.38. The molecule has 76 valence electrons. The normalized spacial score (nSPS) is 40.0. The van der Waals surface area contributed by atoms with E-state index in [2.05, 4.69) is 9.47 Å². The lowest BCUT2D eigenvalue weighted by Crippen LogP contribution is -2.54. The lowest BCUT2D eigenvalue weighted by molar-refractivity contribution is -0.257. The average molecular weight is 192 g/mol. The highest BCUT2D eigenvalue weighted by Gasteiger charge is 2.40. The van der Waals surface area contributed by atoms with Crippen LogP contribution in [-0.4, -0.2) is 52.5 Å². The molecule has 0 aromatic heterocycles. The predicted molar refractivity (Wildman–Crippen MR) is 39.5 cm³/mol. The van der Waals surface area contributed by atoms with Crippen molar-refractivity contribution >= 4 is 5.97 Å². The molecule has 1 saturated heterocycles. The van der Waals surface area contributed by atoms with Gasteiger partial charge in [-0.25, -0.2) is 0 Å². The molecule has 0 saturated carbocycles. The summed E-state index contributed by atoms with van der Waals surface area (Å²) in [6.45, 7) is 0.984. The van der Waals surface area contributed by atoms with Gasteiger partial charge in [-0.2, -0.15) is 0 Å². The van der Waals surface area contributed by atoms with Crippen LogP contribution in [-0.2, 0) is 14.3 Å². The fourth-order valence-corrected chi connectivity index (χ4v) is 1.12. The molecular weight excluding hydrogens is 180 g/mol. The molecule has 4 atom stereocenters. The maximum Gasteiger partial charge on any atom is 0.303 e. The highest BCUT2D eigenvalue weighted by Crippen LogP contribution is 2.16. The molecule has 0 spiro atoms. The van der Waals surface area contributed by atoms with Gasteiger partial charge in [-0.15, -0.1) is 0 Å². The Bertz CT molecular complexity index is 193. The standard InChI is InChI=1S/C7H12O6/c1-3(8)13-6-4(9)2-12-7(11)5(6)10/h4-7,9-11H,2H2,1H3/t4-,5-,6-,7-/m1/s1. The molecule has 1 rings (SSSR count). The molecule has 6 nitrogen and oxygen atoms in total. The first-order valence-electron chi connectivity index (χ1n) is 3.85. The van der Waals surface area contributed by atoms with E-state index in [0.717, 1.165) is 6.92 Å². The van der Waals surface area contributed by atoms with Gasteiger partial charge in [0.2, 0.25) is 0 Å². The van der Waals surface area contributed by atoms with Crippen molar-refractivity contribution < 1.29 is 29.6 Å². The zero-order chi connectivity index (χ0) is 10.0. The van der Waals surface area contributed by atoms with E-state index < -0.39 is 30.6 Å². The molecule has 13 heavy (non-hydrogen) atoms. The first-order valence-corrected chi connectivity index (χ1v) is 3.85. The lowest BCUT2D eigenvalue weighted by Gasteiger charge is -2.34. The van der Waals surface area contributed by atoms with Gasteiger partial charge in [-0.3, -0.25) is 4.79 Å². The topological polar surface area (TPSA) is 96.2 Å². The first-order chi connectivity index (χ1) is 6.02. The Hall–Kier alpha value is -0.690. The Morgan fingerprint density at radius 3 is 2.62 bits per heavy atom. The zero-order valence-corrected chi connectivity index (χ0v) is 7.08. The zero-order valence-electron chi connectivity index (χ0n) is 7.08. The SMILES string of the molecule is CC(=O)O[C@H]1[C@@H](O)[C@H](O)OC[C@H]1O. The minimum Gasteiger partial charge on any atom is -0.457 e. The lowest BCUT2D eigenvalue weighted by atomic mass is 10.1. The van der Waals surface area contributed by atoms with Crippen molar-refractivity contribution in [2.45, 2.75) is 31.5 Å². The van der Waals surface area contributed by atoms with E-state index in [1.54, 1.807) is 0 Å². The van der Waals surface area contributed by atoms with E-state index in [9.17, 15) is 15.0 Å². The van der Waals surface area contributed by atoms with Gasteiger partial charge in [-0.05, 0) is 0 Å². The van der Waals surface area contributed by atoms with Crippen LogP contribution in [0, 0.1) is 0 Å². The molecule has 0 amide bonds. The van der Waals surface area contributed by atoms with Crippen molar-refractivity contribution in [2.75, 3.05) is 6.61 Å². The van der Waals surface area contributed by atoms with Crippen LogP contribution >= 0.6 is 0 Å². The highest BCUT2D eigenvalue weighted by molar-refractivity contribution is 5.66. The quantitative estimate of drug-likeness (QED) is 0.415. The van der Waals surface area contributed by atoms with E-state index >= 15 is 0 Å². The van der Waals surface area contributed by atoms with Crippen LogP contribution in [0.5, 0.6) is 0 Å². The first kappa shape index (κ1) is 10.4. The second-order valence-corrected chi connectivity index (χ2v) is 2.86. The number of ether oxygens (including phenoxy) is 2. The molecule has 1 aliphatic heterocycles. The van der Waals surface area contributed by atoms with Crippen LogP contribution in [0.25, 0.3) is 0 Å².